The van der Waals surface area contributed by atoms with Gasteiger partial charge in [0.05, 0.1) is 11.0 Å². The molecule has 0 unspecified atom stereocenters. The molecule has 0 aliphatic heterocycles. The molecule has 21 heavy (non-hydrogen) atoms. The molecule has 1 heteroatoms. The minimum absolute atomic E-state index is 0.0920. The molecule has 3 rings (SSSR count). The van der Waals surface area contributed by atoms with Crippen LogP contribution in [-0.2, 0) is 5.41 Å². The molecule has 2 aromatic carbocycles. The van der Waals surface area contributed by atoms with Gasteiger partial charge >= 0.3 is 0 Å². The lowest BCUT2D eigenvalue weighted by Gasteiger charge is -2.25. The molecule has 108 valence electrons. The van der Waals surface area contributed by atoms with Gasteiger partial charge in [-0.25, -0.2) is 4.98 Å². The summed E-state index contributed by atoms with van der Waals surface area (Å²) in [7, 11) is 0. The molecule has 1 aromatic heterocycles. The number of benzene rings is 2. The number of nitrogens with zero attached hydrogens (tertiary/aromatic N) is 1. The fourth-order valence-corrected chi connectivity index (χ4v) is 3.35. The maximum atomic E-state index is 4.93. The summed E-state index contributed by atoms with van der Waals surface area (Å²) in [6, 6.07) is 11.1. The van der Waals surface area contributed by atoms with Crippen molar-refractivity contribution in [3.8, 4) is 0 Å². The predicted octanol–water partition coefficient (Wildman–Crippen LogP) is 5.61. The van der Waals surface area contributed by atoms with Crippen LogP contribution >= 0.6 is 0 Å². The lowest BCUT2D eigenvalue weighted by molar-refractivity contribution is 0.600. The molecule has 0 saturated carbocycles. The molecule has 0 aliphatic rings. The van der Waals surface area contributed by atoms with Gasteiger partial charge in [0, 0.05) is 10.8 Å². The van der Waals surface area contributed by atoms with Gasteiger partial charge in [-0.1, -0.05) is 39.0 Å². The SMILES string of the molecule is Cc1ccc2c(C(C)(C)C)c3c(C)cc(C)cc3nc2c1. The third-order valence-electron chi connectivity index (χ3n) is 4.12. The van der Waals surface area contributed by atoms with Crippen LogP contribution in [0.2, 0.25) is 0 Å². The third kappa shape index (κ3) is 2.31. The quantitative estimate of drug-likeness (QED) is 0.487. The normalized spacial score (nSPS) is 12.3. The number of aromatic nitrogens is 1. The lowest BCUT2D eigenvalue weighted by Crippen LogP contribution is -2.14. The zero-order chi connectivity index (χ0) is 15.4. The summed E-state index contributed by atoms with van der Waals surface area (Å²) < 4.78 is 0. The molecule has 1 nitrogen and oxygen atoms in total. The summed E-state index contributed by atoms with van der Waals surface area (Å²) in [6.07, 6.45) is 0. The van der Waals surface area contributed by atoms with Crippen molar-refractivity contribution in [1.29, 1.82) is 0 Å². The van der Waals surface area contributed by atoms with E-state index in [-0.39, 0.29) is 5.41 Å². The van der Waals surface area contributed by atoms with Gasteiger partial charge in [-0.2, -0.15) is 0 Å². The largest absolute Gasteiger partial charge is 0.248 e. The Balaban J connectivity index is 2.61. The van der Waals surface area contributed by atoms with Gasteiger partial charge in [0.2, 0.25) is 0 Å². The zero-order valence-electron chi connectivity index (χ0n) is 13.8. The first-order valence-electron chi connectivity index (χ1n) is 7.59. The van der Waals surface area contributed by atoms with E-state index in [1.165, 1.54) is 33.0 Å². The number of rotatable bonds is 0. The fraction of sp³-hybridized carbons (Fsp3) is 0.350. The summed E-state index contributed by atoms with van der Waals surface area (Å²) in [6.45, 7) is 13.3. The minimum atomic E-state index is 0.0920. The number of pyridine rings is 1. The standard InChI is InChI=1S/C20H23N/c1-12-7-8-15-16(10-12)21-17-11-13(2)9-14(3)18(17)19(15)20(4,5)6/h7-11H,1-6H3. The van der Waals surface area contributed by atoms with Gasteiger partial charge in [-0.05, 0) is 60.6 Å². The summed E-state index contributed by atoms with van der Waals surface area (Å²) in [4.78, 5) is 4.93. The van der Waals surface area contributed by atoms with Crippen molar-refractivity contribution in [3.05, 3.63) is 52.6 Å². The molecular formula is C20H23N. The third-order valence-corrected chi connectivity index (χ3v) is 4.12. The molecule has 0 saturated heterocycles. The van der Waals surface area contributed by atoms with Crippen molar-refractivity contribution in [2.45, 2.75) is 47.0 Å². The Hall–Kier alpha value is -1.89. The Bertz CT molecular complexity index is 851. The highest BCUT2D eigenvalue weighted by Gasteiger charge is 2.22. The maximum Gasteiger partial charge on any atom is 0.0718 e. The van der Waals surface area contributed by atoms with E-state index in [4.69, 9.17) is 4.98 Å². The van der Waals surface area contributed by atoms with Crippen LogP contribution in [0.25, 0.3) is 21.8 Å². The Labute approximate surface area is 127 Å². The predicted molar refractivity (Wildman–Crippen MR) is 92.2 cm³/mol. The average molecular weight is 277 g/mol. The summed E-state index contributed by atoms with van der Waals surface area (Å²) in [5, 5.41) is 2.61. The Morgan fingerprint density at radius 3 is 2.14 bits per heavy atom. The summed E-state index contributed by atoms with van der Waals surface area (Å²) in [5.41, 5.74) is 7.60. The first-order chi connectivity index (χ1) is 9.77. The van der Waals surface area contributed by atoms with Gasteiger partial charge in [-0.15, -0.1) is 0 Å². The van der Waals surface area contributed by atoms with E-state index in [1.807, 2.05) is 0 Å². The van der Waals surface area contributed by atoms with Gasteiger partial charge in [0.25, 0.3) is 0 Å². The molecule has 0 atom stereocenters. The molecular weight excluding hydrogens is 254 g/mol. The van der Waals surface area contributed by atoms with Crippen LogP contribution in [0.3, 0.4) is 0 Å². The van der Waals surface area contributed by atoms with E-state index in [9.17, 15) is 0 Å². The van der Waals surface area contributed by atoms with Crippen LogP contribution in [0, 0.1) is 20.8 Å². The minimum Gasteiger partial charge on any atom is -0.248 e. The van der Waals surface area contributed by atoms with Crippen molar-refractivity contribution >= 4 is 21.8 Å². The molecule has 3 aromatic rings. The molecule has 0 amide bonds. The molecule has 0 fully saturated rings. The van der Waals surface area contributed by atoms with Crippen LogP contribution in [0.1, 0.15) is 43.0 Å². The van der Waals surface area contributed by atoms with E-state index < -0.39 is 0 Å². The number of hydrogen-bond donors (Lipinski definition) is 0. The Morgan fingerprint density at radius 1 is 0.810 bits per heavy atom. The molecule has 0 bridgehead atoms. The number of aryl methyl sites for hydroxylation is 3. The Kier molecular flexibility index (Phi) is 3.05. The van der Waals surface area contributed by atoms with Crippen LogP contribution in [-0.4, -0.2) is 4.98 Å². The molecule has 0 radical (unpaired) electrons. The molecule has 1 heterocycles. The van der Waals surface area contributed by atoms with Crippen LogP contribution in [0.15, 0.2) is 30.3 Å². The lowest BCUT2D eigenvalue weighted by atomic mass is 9.80. The second kappa shape index (κ2) is 4.56. The van der Waals surface area contributed by atoms with Crippen molar-refractivity contribution in [2.24, 2.45) is 0 Å². The van der Waals surface area contributed by atoms with Crippen molar-refractivity contribution in [3.63, 3.8) is 0 Å². The van der Waals surface area contributed by atoms with Gasteiger partial charge in [-0.3, -0.25) is 0 Å². The van der Waals surface area contributed by atoms with E-state index >= 15 is 0 Å². The maximum absolute atomic E-state index is 4.93. The molecule has 0 aliphatic carbocycles. The second-order valence-electron chi connectivity index (χ2n) is 7.23. The van der Waals surface area contributed by atoms with Gasteiger partial charge < -0.3 is 0 Å². The van der Waals surface area contributed by atoms with Crippen LogP contribution in [0.5, 0.6) is 0 Å². The van der Waals surface area contributed by atoms with E-state index in [0.29, 0.717) is 0 Å². The van der Waals surface area contributed by atoms with E-state index in [0.717, 1.165) is 11.0 Å². The average Bonchev–Trinajstić information content (AvgIpc) is 2.34. The van der Waals surface area contributed by atoms with E-state index in [2.05, 4.69) is 71.9 Å². The van der Waals surface area contributed by atoms with Crippen LogP contribution in [0.4, 0.5) is 0 Å². The van der Waals surface area contributed by atoms with E-state index in [1.54, 1.807) is 0 Å². The number of fused-ring (bicyclic) bond motifs is 2. The monoisotopic (exact) mass is 277 g/mol. The van der Waals surface area contributed by atoms with Crippen LogP contribution < -0.4 is 0 Å². The number of hydrogen-bond acceptors (Lipinski definition) is 1. The second-order valence-corrected chi connectivity index (χ2v) is 7.23. The molecule has 0 spiro atoms. The topological polar surface area (TPSA) is 12.9 Å². The van der Waals surface area contributed by atoms with Crippen molar-refractivity contribution in [1.82, 2.24) is 4.98 Å². The Morgan fingerprint density at radius 2 is 1.48 bits per heavy atom. The zero-order valence-corrected chi connectivity index (χ0v) is 13.8. The van der Waals surface area contributed by atoms with Gasteiger partial charge in [0.15, 0.2) is 0 Å². The van der Waals surface area contributed by atoms with Gasteiger partial charge in [0.1, 0.15) is 0 Å². The highest BCUT2D eigenvalue weighted by molar-refractivity contribution is 6.00. The summed E-state index contributed by atoms with van der Waals surface area (Å²) >= 11 is 0. The highest BCUT2D eigenvalue weighted by Crippen LogP contribution is 2.37. The highest BCUT2D eigenvalue weighted by atomic mass is 14.7. The van der Waals surface area contributed by atoms with Crippen molar-refractivity contribution in [2.75, 3.05) is 0 Å². The molecule has 0 N–H and O–H groups in total. The van der Waals surface area contributed by atoms with Crippen molar-refractivity contribution < 1.29 is 0 Å². The summed E-state index contributed by atoms with van der Waals surface area (Å²) in [5.74, 6) is 0. The fourth-order valence-electron chi connectivity index (χ4n) is 3.35. The smallest absolute Gasteiger partial charge is 0.0718 e. The first-order valence-corrected chi connectivity index (χ1v) is 7.59. The first kappa shape index (κ1) is 14.1.